The molecular weight excluding hydrogens is 628 g/mol. The number of carbonyl (C=O) groups is 4. The highest BCUT2D eigenvalue weighted by molar-refractivity contribution is 5.90. The Kier molecular flexibility index (Phi) is 9.09. The van der Waals surface area contributed by atoms with Gasteiger partial charge in [0.15, 0.2) is 11.7 Å². The average Bonchev–Trinajstić information content (AvgIpc) is 3.53. The van der Waals surface area contributed by atoms with E-state index >= 15 is 0 Å². The molecule has 2 aromatic rings. The quantitative estimate of drug-likeness (QED) is 0.225. The van der Waals surface area contributed by atoms with Gasteiger partial charge in [-0.15, -0.1) is 0 Å². The van der Waals surface area contributed by atoms with Crippen LogP contribution >= 0.6 is 0 Å². The Labute approximate surface area is 286 Å². The number of ether oxygens (including phenoxy) is 5. The summed E-state index contributed by atoms with van der Waals surface area (Å²) in [6.45, 7) is 12.6. The molecule has 260 valence electrons. The summed E-state index contributed by atoms with van der Waals surface area (Å²) in [5.41, 5.74) is -3.17. The number of allylic oxidation sites excluding steroid dienone is 2. The number of fused-ring (bicyclic) bond motifs is 1. The summed E-state index contributed by atoms with van der Waals surface area (Å²) in [6, 6.07) is 17.0. The maximum atomic E-state index is 14.0. The Morgan fingerprint density at radius 2 is 1.51 bits per heavy atom. The maximum absolute atomic E-state index is 14.0. The first-order valence-corrected chi connectivity index (χ1v) is 16.9. The van der Waals surface area contributed by atoms with E-state index in [0.717, 1.165) is 5.57 Å². The predicted molar refractivity (Wildman–Crippen MR) is 177 cm³/mol. The van der Waals surface area contributed by atoms with Crippen molar-refractivity contribution in [2.24, 2.45) is 29.1 Å². The van der Waals surface area contributed by atoms with Crippen LogP contribution in [0, 0.1) is 29.1 Å². The summed E-state index contributed by atoms with van der Waals surface area (Å²) in [6.07, 6.45) is -0.913. The summed E-state index contributed by atoms with van der Waals surface area (Å²) in [7, 11) is 0. The van der Waals surface area contributed by atoms with Gasteiger partial charge < -0.3 is 28.8 Å². The molecule has 10 heteroatoms. The fourth-order valence-corrected chi connectivity index (χ4v) is 9.24. The van der Waals surface area contributed by atoms with Gasteiger partial charge in [0.2, 0.25) is 0 Å². The minimum atomic E-state index is -1.71. The molecule has 1 N–H and O–H groups in total. The standard InChI is InChI=1S/C39H44O10/c1-7-29(41)47-31-23(4)20-39(49-24(5)40)30(31)33(42)38-21-45-37(6,36(39)48-35(44)26-16-12-9-13-17-26)32(38)27(22(2)3)18-19-28(38)46-34(43)25-14-10-8-11-15-25/h8-19,23,27-28,30-33,36,42H,2,7,20-21H2,1,3-6H3. The molecule has 0 spiro atoms. The van der Waals surface area contributed by atoms with Crippen molar-refractivity contribution in [3.63, 3.8) is 0 Å². The van der Waals surface area contributed by atoms with Crippen molar-refractivity contribution in [2.75, 3.05) is 6.61 Å². The van der Waals surface area contributed by atoms with E-state index in [1.807, 2.05) is 19.9 Å². The van der Waals surface area contributed by atoms with Crippen molar-refractivity contribution < 1.29 is 48.0 Å². The molecule has 2 aromatic carbocycles. The molecule has 49 heavy (non-hydrogen) atoms. The van der Waals surface area contributed by atoms with Gasteiger partial charge in [-0.1, -0.05) is 68.5 Å². The summed E-state index contributed by atoms with van der Waals surface area (Å²) in [5, 5.41) is 13.1. The number of hydrogen-bond acceptors (Lipinski definition) is 10. The van der Waals surface area contributed by atoms with Gasteiger partial charge in [0.1, 0.15) is 17.8 Å². The van der Waals surface area contributed by atoms with Gasteiger partial charge in [-0.05, 0) is 56.5 Å². The first kappa shape index (κ1) is 34.6. The predicted octanol–water partition coefficient (Wildman–Crippen LogP) is 5.25. The smallest absolute Gasteiger partial charge is 0.338 e. The van der Waals surface area contributed by atoms with Crippen molar-refractivity contribution in [3.05, 3.63) is 96.1 Å². The summed E-state index contributed by atoms with van der Waals surface area (Å²) < 4.78 is 31.9. The van der Waals surface area contributed by atoms with E-state index in [1.165, 1.54) is 6.92 Å². The lowest BCUT2D eigenvalue weighted by Crippen LogP contribution is -2.64. The molecule has 6 rings (SSSR count). The first-order valence-electron chi connectivity index (χ1n) is 16.9. The van der Waals surface area contributed by atoms with Crippen LogP contribution < -0.4 is 0 Å². The van der Waals surface area contributed by atoms with Gasteiger partial charge in [0, 0.05) is 25.2 Å². The molecule has 3 aliphatic carbocycles. The number of rotatable bonds is 8. The lowest BCUT2D eigenvalue weighted by molar-refractivity contribution is -0.235. The average molecular weight is 673 g/mol. The maximum Gasteiger partial charge on any atom is 0.338 e. The molecule has 0 aromatic heterocycles. The minimum absolute atomic E-state index is 0.0748. The zero-order valence-corrected chi connectivity index (χ0v) is 28.5. The van der Waals surface area contributed by atoms with E-state index in [1.54, 1.807) is 80.6 Å². The lowest BCUT2D eigenvalue weighted by Gasteiger charge is -2.50. The molecule has 1 aliphatic heterocycles. The van der Waals surface area contributed by atoms with E-state index in [0.29, 0.717) is 5.56 Å². The molecule has 3 fully saturated rings. The van der Waals surface area contributed by atoms with Crippen LogP contribution in [-0.4, -0.2) is 71.2 Å². The first-order chi connectivity index (χ1) is 23.3. The fraction of sp³-hybridized carbons (Fsp3) is 0.487. The molecule has 2 saturated carbocycles. The van der Waals surface area contributed by atoms with E-state index < -0.39 is 88.6 Å². The molecule has 11 unspecified atom stereocenters. The topological polar surface area (TPSA) is 135 Å². The van der Waals surface area contributed by atoms with Gasteiger partial charge in [-0.2, -0.15) is 0 Å². The van der Waals surface area contributed by atoms with Crippen molar-refractivity contribution in [1.82, 2.24) is 0 Å². The normalized spacial score (nSPS) is 37.2. The highest BCUT2D eigenvalue weighted by Crippen LogP contribution is 2.68. The van der Waals surface area contributed by atoms with Gasteiger partial charge in [0.25, 0.3) is 0 Å². The molecule has 1 heterocycles. The van der Waals surface area contributed by atoms with Crippen LogP contribution in [0.2, 0.25) is 0 Å². The lowest BCUT2D eigenvalue weighted by atomic mass is 9.55. The molecule has 10 nitrogen and oxygen atoms in total. The van der Waals surface area contributed by atoms with Gasteiger partial charge >= 0.3 is 23.9 Å². The molecule has 11 atom stereocenters. The number of esters is 4. The largest absolute Gasteiger partial charge is 0.462 e. The number of benzene rings is 2. The van der Waals surface area contributed by atoms with Gasteiger partial charge in [0.05, 0.1) is 35.2 Å². The van der Waals surface area contributed by atoms with Gasteiger partial charge in [-0.25, -0.2) is 9.59 Å². The third kappa shape index (κ3) is 5.49. The number of carbonyl (C=O) groups excluding carboxylic acids is 4. The molecule has 0 radical (unpaired) electrons. The van der Waals surface area contributed by atoms with Gasteiger partial charge in [-0.3, -0.25) is 9.59 Å². The Morgan fingerprint density at radius 3 is 2.06 bits per heavy atom. The monoisotopic (exact) mass is 672 g/mol. The van der Waals surface area contributed by atoms with Crippen LogP contribution in [0.1, 0.15) is 68.2 Å². The SMILES string of the molecule is C=C(C)C1C=CC(OC(=O)c2ccccc2)C23COC(C)(C(OC(=O)c4ccccc4)C4(OC(C)=O)CC(C)C(OC(=O)CC)C4C2O)C13. The number of aliphatic hydroxyl groups excluding tert-OH is 1. The van der Waals surface area contributed by atoms with Crippen LogP contribution in [0.5, 0.6) is 0 Å². The van der Waals surface area contributed by atoms with E-state index in [9.17, 15) is 24.3 Å². The van der Waals surface area contributed by atoms with Crippen molar-refractivity contribution in [3.8, 4) is 0 Å². The van der Waals surface area contributed by atoms with Crippen molar-refractivity contribution in [2.45, 2.75) is 83.1 Å². The van der Waals surface area contributed by atoms with Crippen LogP contribution in [0.3, 0.4) is 0 Å². The zero-order valence-electron chi connectivity index (χ0n) is 28.5. The summed E-state index contributed by atoms with van der Waals surface area (Å²) in [5.74, 6) is -5.12. The second-order valence-electron chi connectivity index (χ2n) is 14.2. The highest BCUT2D eigenvalue weighted by atomic mass is 16.6. The third-order valence-corrected chi connectivity index (χ3v) is 11.1. The van der Waals surface area contributed by atoms with E-state index in [2.05, 4.69) is 6.58 Å². The van der Waals surface area contributed by atoms with Crippen LogP contribution in [0.4, 0.5) is 0 Å². The molecule has 2 bridgehead atoms. The van der Waals surface area contributed by atoms with E-state index in [-0.39, 0.29) is 25.0 Å². The van der Waals surface area contributed by atoms with Crippen LogP contribution in [-0.2, 0) is 33.3 Å². The number of aliphatic hydroxyl groups is 1. The van der Waals surface area contributed by atoms with Crippen molar-refractivity contribution >= 4 is 23.9 Å². The Morgan fingerprint density at radius 1 is 0.918 bits per heavy atom. The van der Waals surface area contributed by atoms with E-state index in [4.69, 9.17) is 23.7 Å². The minimum Gasteiger partial charge on any atom is -0.462 e. The highest BCUT2D eigenvalue weighted by Gasteiger charge is 2.81. The number of hydrogen-bond donors (Lipinski definition) is 1. The molecule has 4 aliphatic rings. The Bertz CT molecular complexity index is 1650. The third-order valence-electron chi connectivity index (χ3n) is 11.1. The summed E-state index contributed by atoms with van der Waals surface area (Å²) >= 11 is 0. The summed E-state index contributed by atoms with van der Waals surface area (Å²) in [4.78, 5) is 53.7. The van der Waals surface area contributed by atoms with Crippen molar-refractivity contribution in [1.29, 1.82) is 0 Å². The molecular formula is C39H44O10. The Balaban J connectivity index is 1.59. The fourth-order valence-electron chi connectivity index (χ4n) is 9.24. The molecule has 1 saturated heterocycles. The van der Waals surface area contributed by atoms with Crippen LogP contribution in [0.15, 0.2) is 85.0 Å². The Hall–Kier alpha value is -4.28. The zero-order chi connectivity index (χ0) is 35.3. The molecule has 0 amide bonds. The second kappa shape index (κ2) is 12.9. The second-order valence-corrected chi connectivity index (χ2v) is 14.2. The van der Waals surface area contributed by atoms with Crippen LogP contribution in [0.25, 0.3) is 0 Å².